The van der Waals surface area contributed by atoms with Crippen LogP contribution in [0, 0.1) is 11.6 Å². The van der Waals surface area contributed by atoms with E-state index in [9.17, 15) is 13.6 Å². The Balaban J connectivity index is 1.66. The fourth-order valence-electron chi connectivity index (χ4n) is 2.59. The van der Waals surface area contributed by atoms with Crippen LogP contribution in [-0.2, 0) is 0 Å². The minimum atomic E-state index is -0.574. The number of imidazole rings is 1. The molecule has 2 aromatic carbocycles. The van der Waals surface area contributed by atoms with Gasteiger partial charge in [0.15, 0.2) is 0 Å². The van der Waals surface area contributed by atoms with E-state index >= 15 is 0 Å². The molecule has 0 spiro atoms. The first-order chi connectivity index (χ1) is 12.6. The SMILES string of the molecule is O=C(Nc1ccc2nc(-c3cc(F)ccc3F)[nH]c2c1)c1cccnc1. The summed E-state index contributed by atoms with van der Waals surface area (Å²) in [5.74, 6) is -1.21. The van der Waals surface area contributed by atoms with Crippen LogP contribution in [-0.4, -0.2) is 20.9 Å². The fraction of sp³-hybridized carbons (Fsp3) is 0. The van der Waals surface area contributed by atoms with Crippen molar-refractivity contribution in [2.24, 2.45) is 0 Å². The summed E-state index contributed by atoms with van der Waals surface area (Å²) in [6.45, 7) is 0. The molecule has 0 radical (unpaired) electrons. The number of rotatable bonds is 3. The number of aromatic amines is 1. The molecule has 4 aromatic rings. The van der Waals surface area contributed by atoms with Crippen LogP contribution in [0.2, 0.25) is 0 Å². The number of H-pyrrole nitrogens is 1. The highest BCUT2D eigenvalue weighted by molar-refractivity contribution is 6.04. The zero-order chi connectivity index (χ0) is 18.1. The predicted molar refractivity (Wildman–Crippen MR) is 93.6 cm³/mol. The van der Waals surface area contributed by atoms with E-state index in [0.29, 0.717) is 22.3 Å². The molecule has 5 nitrogen and oxygen atoms in total. The number of pyridine rings is 1. The summed E-state index contributed by atoms with van der Waals surface area (Å²) in [7, 11) is 0. The highest BCUT2D eigenvalue weighted by atomic mass is 19.1. The topological polar surface area (TPSA) is 70.7 Å². The molecule has 0 fully saturated rings. The Bertz CT molecular complexity index is 1110. The Morgan fingerprint density at radius 2 is 1.96 bits per heavy atom. The van der Waals surface area contributed by atoms with Crippen molar-refractivity contribution in [3.8, 4) is 11.4 Å². The number of fused-ring (bicyclic) bond motifs is 1. The number of nitrogens with one attached hydrogen (secondary N) is 2. The molecule has 0 saturated heterocycles. The molecule has 0 aliphatic carbocycles. The second kappa shape index (κ2) is 6.36. The summed E-state index contributed by atoms with van der Waals surface area (Å²) in [5, 5.41) is 2.76. The fourth-order valence-corrected chi connectivity index (χ4v) is 2.59. The number of anilines is 1. The summed E-state index contributed by atoms with van der Waals surface area (Å²) >= 11 is 0. The molecule has 4 rings (SSSR count). The molecule has 7 heteroatoms. The number of hydrogen-bond acceptors (Lipinski definition) is 3. The van der Waals surface area contributed by atoms with Gasteiger partial charge in [-0.3, -0.25) is 9.78 Å². The average Bonchev–Trinajstić information content (AvgIpc) is 3.07. The van der Waals surface area contributed by atoms with Gasteiger partial charge in [-0.2, -0.15) is 0 Å². The molecular weight excluding hydrogens is 338 g/mol. The monoisotopic (exact) mass is 350 g/mol. The second-order valence-corrected chi connectivity index (χ2v) is 5.64. The van der Waals surface area contributed by atoms with E-state index in [-0.39, 0.29) is 17.3 Å². The molecule has 0 saturated carbocycles. The van der Waals surface area contributed by atoms with E-state index in [1.54, 1.807) is 36.5 Å². The molecular formula is C19H12F2N4O. The summed E-state index contributed by atoms with van der Waals surface area (Å²) < 4.78 is 27.3. The molecule has 0 aliphatic rings. The number of carbonyl (C=O) groups is 1. The van der Waals surface area contributed by atoms with Gasteiger partial charge in [0.25, 0.3) is 5.91 Å². The molecule has 1 amide bonds. The maximum Gasteiger partial charge on any atom is 0.257 e. The van der Waals surface area contributed by atoms with Gasteiger partial charge in [0.1, 0.15) is 17.5 Å². The van der Waals surface area contributed by atoms with Crippen molar-refractivity contribution in [1.82, 2.24) is 15.0 Å². The van der Waals surface area contributed by atoms with Crippen LogP contribution < -0.4 is 5.32 Å². The number of nitrogens with zero attached hydrogens (tertiary/aromatic N) is 2. The van der Waals surface area contributed by atoms with Gasteiger partial charge in [-0.15, -0.1) is 0 Å². The summed E-state index contributed by atoms with van der Waals surface area (Å²) in [6.07, 6.45) is 3.05. The summed E-state index contributed by atoms with van der Waals surface area (Å²) in [5.41, 5.74) is 2.18. The Morgan fingerprint density at radius 1 is 1.08 bits per heavy atom. The van der Waals surface area contributed by atoms with Gasteiger partial charge in [-0.05, 0) is 48.5 Å². The van der Waals surface area contributed by atoms with Gasteiger partial charge in [0.2, 0.25) is 0 Å². The largest absolute Gasteiger partial charge is 0.338 e. The smallest absolute Gasteiger partial charge is 0.257 e. The average molecular weight is 350 g/mol. The van der Waals surface area contributed by atoms with Crippen LogP contribution in [0.15, 0.2) is 60.9 Å². The van der Waals surface area contributed by atoms with Gasteiger partial charge in [-0.1, -0.05) is 0 Å². The normalized spacial score (nSPS) is 10.8. The maximum atomic E-state index is 13.9. The van der Waals surface area contributed by atoms with E-state index < -0.39 is 11.6 Å². The van der Waals surface area contributed by atoms with Crippen molar-refractivity contribution in [2.45, 2.75) is 0 Å². The van der Waals surface area contributed by atoms with Crippen molar-refractivity contribution in [1.29, 1.82) is 0 Å². The summed E-state index contributed by atoms with van der Waals surface area (Å²) in [4.78, 5) is 23.3. The highest BCUT2D eigenvalue weighted by Crippen LogP contribution is 2.25. The molecule has 2 heterocycles. The third-order valence-electron chi connectivity index (χ3n) is 3.85. The number of aromatic nitrogens is 3. The van der Waals surface area contributed by atoms with Crippen LogP contribution in [0.25, 0.3) is 22.4 Å². The number of amides is 1. The van der Waals surface area contributed by atoms with Crippen LogP contribution in [0.5, 0.6) is 0 Å². The van der Waals surface area contributed by atoms with Crippen molar-refractivity contribution in [3.63, 3.8) is 0 Å². The molecule has 2 aromatic heterocycles. The van der Waals surface area contributed by atoms with E-state index in [0.717, 1.165) is 18.2 Å². The molecule has 0 unspecified atom stereocenters. The van der Waals surface area contributed by atoms with Crippen LogP contribution >= 0.6 is 0 Å². The van der Waals surface area contributed by atoms with E-state index in [1.165, 1.54) is 6.20 Å². The third kappa shape index (κ3) is 3.02. The van der Waals surface area contributed by atoms with E-state index in [4.69, 9.17) is 0 Å². The lowest BCUT2D eigenvalue weighted by molar-refractivity contribution is 0.102. The van der Waals surface area contributed by atoms with Gasteiger partial charge >= 0.3 is 0 Å². The first kappa shape index (κ1) is 15.9. The Hall–Kier alpha value is -3.61. The standard InChI is InChI=1S/C19H12F2N4O/c20-12-3-5-15(21)14(8-12)18-24-16-6-4-13(9-17(16)25-18)23-19(26)11-2-1-7-22-10-11/h1-10H,(H,23,26)(H,24,25). The Morgan fingerprint density at radius 3 is 2.77 bits per heavy atom. The van der Waals surface area contributed by atoms with Crippen molar-refractivity contribution >= 4 is 22.6 Å². The first-order valence-corrected chi connectivity index (χ1v) is 7.77. The number of hydrogen-bond donors (Lipinski definition) is 2. The van der Waals surface area contributed by atoms with E-state index in [2.05, 4.69) is 20.3 Å². The quantitative estimate of drug-likeness (QED) is 0.583. The van der Waals surface area contributed by atoms with E-state index in [1.807, 2.05) is 0 Å². The lowest BCUT2D eigenvalue weighted by Crippen LogP contribution is -2.11. The number of benzene rings is 2. The van der Waals surface area contributed by atoms with Gasteiger partial charge in [0, 0.05) is 18.1 Å². The Labute approximate surface area is 146 Å². The van der Waals surface area contributed by atoms with Gasteiger partial charge in [0.05, 0.1) is 22.2 Å². The maximum absolute atomic E-state index is 13.9. The van der Waals surface area contributed by atoms with Crippen molar-refractivity contribution in [3.05, 3.63) is 78.1 Å². The van der Waals surface area contributed by atoms with Crippen LogP contribution in [0.3, 0.4) is 0 Å². The minimum Gasteiger partial charge on any atom is -0.338 e. The minimum absolute atomic E-state index is 0.0437. The second-order valence-electron chi connectivity index (χ2n) is 5.64. The molecule has 2 N–H and O–H groups in total. The highest BCUT2D eigenvalue weighted by Gasteiger charge is 2.12. The molecule has 0 atom stereocenters. The van der Waals surface area contributed by atoms with Crippen LogP contribution in [0.1, 0.15) is 10.4 Å². The Kier molecular flexibility index (Phi) is 3.89. The molecule has 0 bridgehead atoms. The zero-order valence-electron chi connectivity index (χ0n) is 13.3. The summed E-state index contributed by atoms with van der Waals surface area (Å²) in [6, 6.07) is 11.6. The van der Waals surface area contributed by atoms with Crippen molar-refractivity contribution in [2.75, 3.05) is 5.32 Å². The van der Waals surface area contributed by atoms with Crippen LogP contribution in [0.4, 0.5) is 14.5 Å². The molecule has 0 aliphatic heterocycles. The number of halogens is 2. The van der Waals surface area contributed by atoms with Gasteiger partial charge < -0.3 is 10.3 Å². The third-order valence-corrected chi connectivity index (χ3v) is 3.85. The zero-order valence-corrected chi connectivity index (χ0v) is 13.3. The van der Waals surface area contributed by atoms with Crippen molar-refractivity contribution < 1.29 is 13.6 Å². The molecule has 26 heavy (non-hydrogen) atoms. The molecule has 128 valence electrons. The lowest BCUT2D eigenvalue weighted by Gasteiger charge is -2.04. The first-order valence-electron chi connectivity index (χ1n) is 7.77. The predicted octanol–water partition coefficient (Wildman–Crippen LogP) is 4.16. The number of carbonyl (C=O) groups excluding carboxylic acids is 1. The lowest BCUT2D eigenvalue weighted by atomic mass is 10.2. The van der Waals surface area contributed by atoms with Gasteiger partial charge in [-0.25, -0.2) is 13.8 Å².